The van der Waals surface area contributed by atoms with Gasteiger partial charge in [-0.15, -0.1) is 0 Å². The molecule has 0 unspecified atom stereocenters. The highest BCUT2D eigenvalue weighted by Crippen LogP contribution is 2.28. The summed E-state index contributed by atoms with van der Waals surface area (Å²) in [5, 5.41) is 0. The second-order valence-electron chi connectivity index (χ2n) is 4.37. The fourth-order valence-electron chi connectivity index (χ4n) is 2.00. The number of anilines is 1. The van der Waals surface area contributed by atoms with Crippen LogP contribution >= 0.6 is 0 Å². The zero-order valence-electron chi connectivity index (χ0n) is 10.1. The van der Waals surface area contributed by atoms with Crippen molar-refractivity contribution in [3.8, 4) is 0 Å². The van der Waals surface area contributed by atoms with Gasteiger partial charge in [0.1, 0.15) is 5.82 Å². The summed E-state index contributed by atoms with van der Waals surface area (Å²) in [4.78, 5) is 6.31. The van der Waals surface area contributed by atoms with Crippen LogP contribution < -0.4 is 16.2 Å². The number of hydrazine groups is 1. The zero-order chi connectivity index (χ0) is 12.4. The minimum atomic E-state index is -0.239. The van der Waals surface area contributed by atoms with E-state index in [1.165, 1.54) is 12.1 Å². The van der Waals surface area contributed by atoms with Gasteiger partial charge < -0.3 is 4.90 Å². The summed E-state index contributed by atoms with van der Waals surface area (Å²) in [6, 6.07) is 4.96. The molecule has 0 fully saturated rings. The summed E-state index contributed by atoms with van der Waals surface area (Å²) in [7, 11) is 0. The average Bonchev–Trinajstić information content (AvgIpc) is 2.68. The van der Waals surface area contributed by atoms with Gasteiger partial charge in [0.2, 0.25) is 5.96 Å². The van der Waals surface area contributed by atoms with Gasteiger partial charge in [-0.25, -0.2) is 15.2 Å². The Kier molecular flexibility index (Phi) is 3.28. The number of hydrogen-bond donors (Lipinski definition) is 2. The van der Waals surface area contributed by atoms with Crippen molar-refractivity contribution in [3.05, 3.63) is 29.6 Å². The van der Waals surface area contributed by atoms with Gasteiger partial charge in [-0.05, 0) is 38.0 Å². The van der Waals surface area contributed by atoms with Gasteiger partial charge >= 0.3 is 0 Å². The molecule has 1 aliphatic heterocycles. The molecule has 92 valence electrons. The molecule has 0 spiro atoms. The third kappa shape index (κ3) is 2.39. The summed E-state index contributed by atoms with van der Waals surface area (Å²) < 4.78 is 13.2. The molecule has 0 aliphatic carbocycles. The van der Waals surface area contributed by atoms with E-state index in [0.717, 1.165) is 24.2 Å². The second-order valence-corrected chi connectivity index (χ2v) is 4.37. The zero-order valence-corrected chi connectivity index (χ0v) is 10.1. The lowest BCUT2D eigenvalue weighted by Crippen LogP contribution is -2.44. The molecule has 0 saturated heterocycles. The number of fused-ring (bicyclic) bond motifs is 1. The number of halogens is 1. The maximum atomic E-state index is 13.2. The molecule has 1 aromatic rings. The van der Waals surface area contributed by atoms with Gasteiger partial charge in [0.25, 0.3) is 0 Å². The summed E-state index contributed by atoms with van der Waals surface area (Å²) in [6.07, 6.45) is 0.883. The Labute approximate surface area is 100 Å². The molecule has 4 nitrogen and oxygen atoms in total. The smallest absolute Gasteiger partial charge is 0.213 e. The second kappa shape index (κ2) is 4.71. The predicted octanol–water partition coefficient (Wildman–Crippen LogP) is 1.42. The van der Waals surface area contributed by atoms with Crippen molar-refractivity contribution in [2.75, 3.05) is 11.4 Å². The summed E-state index contributed by atoms with van der Waals surface area (Å²) in [5.74, 6) is 5.83. The number of benzene rings is 1. The van der Waals surface area contributed by atoms with E-state index in [-0.39, 0.29) is 11.9 Å². The number of nitrogens with one attached hydrogen (secondary N) is 1. The molecule has 0 bridgehead atoms. The predicted molar refractivity (Wildman–Crippen MR) is 67.3 cm³/mol. The van der Waals surface area contributed by atoms with Crippen LogP contribution in [0.3, 0.4) is 0 Å². The fourth-order valence-corrected chi connectivity index (χ4v) is 2.00. The van der Waals surface area contributed by atoms with E-state index < -0.39 is 0 Å². The van der Waals surface area contributed by atoms with E-state index in [1.807, 2.05) is 24.8 Å². The minimum absolute atomic E-state index is 0.138. The Bertz CT molecular complexity index is 442. The number of rotatable bonds is 1. The summed E-state index contributed by atoms with van der Waals surface area (Å²) >= 11 is 0. The Morgan fingerprint density at radius 2 is 2.29 bits per heavy atom. The molecule has 1 aliphatic rings. The first-order valence-corrected chi connectivity index (χ1v) is 5.72. The van der Waals surface area contributed by atoms with E-state index in [2.05, 4.69) is 10.4 Å². The van der Waals surface area contributed by atoms with E-state index in [1.54, 1.807) is 0 Å². The van der Waals surface area contributed by atoms with Crippen molar-refractivity contribution < 1.29 is 4.39 Å². The monoisotopic (exact) mass is 236 g/mol. The fraction of sp³-hybridized carbons (Fsp3) is 0.417. The Hall–Kier alpha value is -1.62. The highest BCUT2D eigenvalue weighted by molar-refractivity contribution is 5.97. The maximum absolute atomic E-state index is 13.2. The maximum Gasteiger partial charge on any atom is 0.213 e. The molecule has 1 aromatic carbocycles. The molecule has 5 heteroatoms. The molecule has 2 rings (SSSR count). The number of hydrogen-bond acceptors (Lipinski definition) is 2. The molecule has 0 radical (unpaired) electrons. The Morgan fingerprint density at radius 1 is 1.53 bits per heavy atom. The molecule has 17 heavy (non-hydrogen) atoms. The first-order chi connectivity index (χ1) is 8.11. The number of nitrogens with zero attached hydrogens (tertiary/aromatic N) is 2. The molecular weight excluding hydrogens is 219 g/mol. The lowest BCUT2D eigenvalue weighted by atomic mass is 10.2. The molecular formula is C12H17FN4. The van der Waals surface area contributed by atoms with Crippen LogP contribution in [0.15, 0.2) is 23.2 Å². The lowest BCUT2D eigenvalue weighted by molar-refractivity contribution is 0.628. The largest absolute Gasteiger partial charge is 0.311 e. The third-order valence-electron chi connectivity index (χ3n) is 2.71. The van der Waals surface area contributed by atoms with Crippen LogP contribution in [0.5, 0.6) is 0 Å². The summed E-state index contributed by atoms with van der Waals surface area (Å²) in [6.45, 7) is 4.72. The quantitative estimate of drug-likeness (QED) is 0.335. The van der Waals surface area contributed by atoms with Gasteiger partial charge in [-0.1, -0.05) is 6.07 Å². The SMILES string of the molecule is CC(C)N=C(NN)N1CCc2ccc(F)cc21. The van der Waals surface area contributed by atoms with Gasteiger partial charge in [-0.3, -0.25) is 5.43 Å². The van der Waals surface area contributed by atoms with E-state index >= 15 is 0 Å². The van der Waals surface area contributed by atoms with Crippen molar-refractivity contribution in [2.24, 2.45) is 10.8 Å². The lowest BCUT2D eigenvalue weighted by Gasteiger charge is -2.21. The molecule has 0 aromatic heterocycles. The van der Waals surface area contributed by atoms with Crippen LogP contribution in [0, 0.1) is 5.82 Å². The molecule has 0 amide bonds. The van der Waals surface area contributed by atoms with E-state index in [9.17, 15) is 4.39 Å². The number of aliphatic imine (C=N–C) groups is 1. The van der Waals surface area contributed by atoms with Crippen LogP contribution in [0.2, 0.25) is 0 Å². The van der Waals surface area contributed by atoms with Crippen LogP contribution in [-0.4, -0.2) is 18.5 Å². The van der Waals surface area contributed by atoms with Crippen molar-refractivity contribution in [3.63, 3.8) is 0 Å². The Morgan fingerprint density at radius 3 is 2.94 bits per heavy atom. The average molecular weight is 236 g/mol. The molecule has 0 saturated carbocycles. The number of nitrogens with two attached hydrogens (primary N) is 1. The number of guanidine groups is 1. The Balaban J connectivity index is 2.35. The van der Waals surface area contributed by atoms with Gasteiger partial charge in [0, 0.05) is 18.3 Å². The highest BCUT2D eigenvalue weighted by atomic mass is 19.1. The van der Waals surface area contributed by atoms with Crippen LogP contribution in [0.25, 0.3) is 0 Å². The van der Waals surface area contributed by atoms with Crippen molar-refractivity contribution in [1.29, 1.82) is 0 Å². The molecule has 0 atom stereocenters. The van der Waals surface area contributed by atoms with E-state index in [4.69, 9.17) is 5.84 Å². The van der Waals surface area contributed by atoms with Crippen molar-refractivity contribution >= 4 is 11.6 Å². The standard InChI is InChI=1S/C12H17FN4/c1-8(2)15-12(16-14)17-6-5-9-3-4-10(13)7-11(9)17/h3-4,7-8H,5-6,14H2,1-2H3,(H,15,16). The van der Waals surface area contributed by atoms with Gasteiger partial charge in [-0.2, -0.15) is 0 Å². The topological polar surface area (TPSA) is 53.6 Å². The highest BCUT2D eigenvalue weighted by Gasteiger charge is 2.23. The van der Waals surface area contributed by atoms with Crippen LogP contribution in [-0.2, 0) is 6.42 Å². The van der Waals surface area contributed by atoms with E-state index in [0.29, 0.717) is 5.96 Å². The summed E-state index contributed by atoms with van der Waals surface area (Å²) in [5.41, 5.74) is 4.56. The van der Waals surface area contributed by atoms with Crippen LogP contribution in [0.4, 0.5) is 10.1 Å². The first kappa shape index (κ1) is 11.9. The van der Waals surface area contributed by atoms with Gasteiger partial charge in [0.05, 0.1) is 0 Å². The molecule has 3 N–H and O–H groups in total. The minimum Gasteiger partial charge on any atom is -0.311 e. The van der Waals surface area contributed by atoms with Crippen LogP contribution in [0.1, 0.15) is 19.4 Å². The van der Waals surface area contributed by atoms with Crippen molar-refractivity contribution in [1.82, 2.24) is 5.43 Å². The third-order valence-corrected chi connectivity index (χ3v) is 2.71. The van der Waals surface area contributed by atoms with Crippen molar-refractivity contribution in [2.45, 2.75) is 26.3 Å². The molecule has 1 heterocycles. The first-order valence-electron chi connectivity index (χ1n) is 5.72. The normalized spacial score (nSPS) is 15.4. The van der Waals surface area contributed by atoms with Gasteiger partial charge in [0.15, 0.2) is 0 Å².